The van der Waals surface area contributed by atoms with E-state index in [9.17, 15) is 14.4 Å². The van der Waals surface area contributed by atoms with Crippen molar-refractivity contribution in [3.63, 3.8) is 0 Å². The Labute approximate surface area is 146 Å². The number of nitrogens with zero attached hydrogens (tertiary/aromatic N) is 1. The maximum Gasteiger partial charge on any atom is 0.240 e. The number of likely N-dealkylation sites (tertiary alicyclic amines) is 1. The summed E-state index contributed by atoms with van der Waals surface area (Å²) >= 11 is 0. The predicted molar refractivity (Wildman–Crippen MR) is 92.1 cm³/mol. The van der Waals surface area contributed by atoms with Crippen LogP contribution in [0.2, 0.25) is 0 Å². The molecule has 2 saturated carbocycles. The molecular weight excluding hydrogens is 318 g/mol. The van der Waals surface area contributed by atoms with E-state index in [4.69, 9.17) is 5.73 Å². The first-order chi connectivity index (χ1) is 12.0. The Morgan fingerprint density at radius 2 is 1.68 bits per heavy atom. The first kappa shape index (κ1) is 16.1. The van der Waals surface area contributed by atoms with E-state index in [0.29, 0.717) is 30.5 Å². The van der Waals surface area contributed by atoms with Crippen LogP contribution in [-0.4, -0.2) is 35.7 Å². The highest BCUT2D eigenvalue weighted by Crippen LogP contribution is 2.55. The number of amides is 3. The summed E-state index contributed by atoms with van der Waals surface area (Å²) in [5.74, 6) is -0.144. The van der Waals surface area contributed by atoms with Gasteiger partial charge in [0.2, 0.25) is 17.7 Å². The summed E-state index contributed by atoms with van der Waals surface area (Å²) in [6, 6.07) is 7.50. The second-order valence-electron chi connectivity index (χ2n) is 7.49. The van der Waals surface area contributed by atoms with Crippen molar-refractivity contribution in [3.8, 4) is 0 Å². The maximum atomic E-state index is 12.6. The smallest absolute Gasteiger partial charge is 0.240 e. The SMILES string of the molecule is Nc1ccc(CCNC(=O)CN2C(=O)[C@@H]3[C@@H]4CC[C@@H](C4)[C@@H]3C2=O)cc1. The molecule has 25 heavy (non-hydrogen) atoms. The van der Waals surface area contributed by atoms with Crippen molar-refractivity contribution in [2.45, 2.75) is 25.7 Å². The topological polar surface area (TPSA) is 92.5 Å². The molecule has 0 radical (unpaired) electrons. The fourth-order valence-corrected chi connectivity index (χ4v) is 4.86. The third kappa shape index (κ3) is 2.79. The molecule has 2 bridgehead atoms. The van der Waals surface area contributed by atoms with Gasteiger partial charge in [0, 0.05) is 12.2 Å². The summed E-state index contributed by atoms with van der Waals surface area (Å²) in [7, 11) is 0. The van der Waals surface area contributed by atoms with Gasteiger partial charge in [-0.15, -0.1) is 0 Å². The molecule has 3 amide bonds. The number of anilines is 1. The van der Waals surface area contributed by atoms with Crippen LogP contribution in [0.1, 0.15) is 24.8 Å². The van der Waals surface area contributed by atoms with E-state index < -0.39 is 0 Å². The maximum absolute atomic E-state index is 12.6. The Hall–Kier alpha value is -2.37. The average molecular weight is 341 g/mol. The summed E-state index contributed by atoms with van der Waals surface area (Å²) in [6.07, 6.45) is 3.79. The van der Waals surface area contributed by atoms with Crippen LogP contribution in [0.3, 0.4) is 0 Å². The number of nitrogens with one attached hydrogen (secondary N) is 1. The van der Waals surface area contributed by atoms with Crippen molar-refractivity contribution in [2.75, 3.05) is 18.8 Å². The van der Waals surface area contributed by atoms with Crippen LogP contribution in [0.4, 0.5) is 5.69 Å². The van der Waals surface area contributed by atoms with E-state index in [1.165, 1.54) is 4.90 Å². The number of nitrogens with two attached hydrogens (primary N) is 1. The standard InChI is InChI=1S/C19H23N3O3/c20-14-5-1-11(2-6-14)7-8-21-15(23)10-22-18(24)16-12-3-4-13(9-12)17(16)19(22)25/h1-2,5-6,12-13,16-17H,3-4,7-10,20H2,(H,21,23)/t12-,13+,16-,17+. The predicted octanol–water partition coefficient (Wildman–Crippen LogP) is 0.959. The van der Waals surface area contributed by atoms with Gasteiger partial charge in [-0.2, -0.15) is 0 Å². The van der Waals surface area contributed by atoms with Gasteiger partial charge in [-0.05, 0) is 55.2 Å². The summed E-state index contributed by atoms with van der Waals surface area (Å²) < 4.78 is 0. The second-order valence-corrected chi connectivity index (χ2v) is 7.49. The number of hydrogen-bond acceptors (Lipinski definition) is 4. The molecule has 4 atom stereocenters. The Balaban J connectivity index is 1.30. The molecule has 4 rings (SSSR count). The van der Waals surface area contributed by atoms with Crippen LogP contribution in [0.5, 0.6) is 0 Å². The highest BCUT2D eigenvalue weighted by Gasteiger charge is 2.60. The van der Waals surface area contributed by atoms with Crippen LogP contribution >= 0.6 is 0 Å². The van der Waals surface area contributed by atoms with Crippen LogP contribution in [0.15, 0.2) is 24.3 Å². The van der Waals surface area contributed by atoms with Gasteiger partial charge in [-0.3, -0.25) is 19.3 Å². The average Bonchev–Trinajstić information content (AvgIpc) is 3.27. The molecule has 3 N–H and O–H groups in total. The summed E-state index contributed by atoms with van der Waals surface area (Å²) in [4.78, 5) is 38.5. The van der Waals surface area contributed by atoms with E-state index in [1.807, 2.05) is 24.3 Å². The van der Waals surface area contributed by atoms with Gasteiger partial charge < -0.3 is 11.1 Å². The number of hydrogen-bond donors (Lipinski definition) is 2. The molecule has 3 fully saturated rings. The first-order valence-electron chi connectivity index (χ1n) is 9.01. The Kier molecular flexibility index (Phi) is 3.98. The minimum Gasteiger partial charge on any atom is -0.399 e. The molecule has 0 aromatic heterocycles. The minimum absolute atomic E-state index is 0.129. The fraction of sp³-hybridized carbons (Fsp3) is 0.526. The number of rotatable bonds is 5. The zero-order valence-electron chi connectivity index (χ0n) is 14.1. The van der Waals surface area contributed by atoms with E-state index in [0.717, 1.165) is 24.8 Å². The lowest BCUT2D eigenvalue weighted by atomic mass is 9.81. The molecule has 0 unspecified atom stereocenters. The van der Waals surface area contributed by atoms with Gasteiger partial charge in [-0.25, -0.2) is 0 Å². The third-order valence-electron chi connectivity index (χ3n) is 6.04. The van der Waals surface area contributed by atoms with Crippen molar-refractivity contribution in [1.29, 1.82) is 0 Å². The van der Waals surface area contributed by atoms with Crippen LogP contribution in [0, 0.1) is 23.7 Å². The monoisotopic (exact) mass is 341 g/mol. The van der Waals surface area contributed by atoms with Gasteiger partial charge in [0.05, 0.1) is 11.8 Å². The second kappa shape index (κ2) is 6.17. The van der Waals surface area contributed by atoms with Gasteiger partial charge in [0.1, 0.15) is 6.54 Å². The zero-order valence-corrected chi connectivity index (χ0v) is 14.1. The van der Waals surface area contributed by atoms with Gasteiger partial charge in [0.15, 0.2) is 0 Å². The highest BCUT2D eigenvalue weighted by molar-refractivity contribution is 6.08. The van der Waals surface area contributed by atoms with Crippen LogP contribution in [-0.2, 0) is 20.8 Å². The lowest BCUT2D eigenvalue weighted by Gasteiger charge is -2.19. The number of carbonyl (C=O) groups is 3. The fourth-order valence-electron chi connectivity index (χ4n) is 4.86. The van der Waals surface area contributed by atoms with E-state index >= 15 is 0 Å². The summed E-state index contributed by atoms with van der Waals surface area (Å²) in [6.45, 7) is 0.322. The van der Waals surface area contributed by atoms with Crippen LogP contribution in [0.25, 0.3) is 0 Å². The van der Waals surface area contributed by atoms with Gasteiger partial charge >= 0.3 is 0 Å². The Bertz CT molecular complexity index is 687. The lowest BCUT2D eigenvalue weighted by molar-refractivity contribution is -0.144. The quantitative estimate of drug-likeness (QED) is 0.616. The van der Waals surface area contributed by atoms with Gasteiger partial charge in [-0.1, -0.05) is 12.1 Å². The molecule has 1 aliphatic heterocycles. The Morgan fingerprint density at radius 3 is 2.28 bits per heavy atom. The molecule has 0 spiro atoms. The number of carbonyl (C=O) groups excluding carboxylic acids is 3. The number of nitrogen functional groups attached to an aromatic ring is 1. The molecule has 3 aliphatic rings. The van der Waals surface area contributed by atoms with E-state index in [1.54, 1.807) is 0 Å². The molecule has 1 aromatic rings. The normalized spacial score (nSPS) is 30.0. The number of benzene rings is 1. The molecule has 1 aromatic carbocycles. The molecular formula is C19H23N3O3. The lowest BCUT2D eigenvalue weighted by Crippen LogP contribution is -2.42. The molecule has 6 nitrogen and oxygen atoms in total. The van der Waals surface area contributed by atoms with Crippen molar-refractivity contribution >= 4 is 23.4 Å². The Morgan fingerprint density at radius 1 is 1.08 bits per heavy atom. The number of fused-ring (bicyclic) bond motifs is 5. The summed E-state index contributed by atoms with van der Waals surface area (Å²) in [5.41, 5.74) is 7.43. The summed E-state index contributed by atoms with van der Waals surface area (Å²) in [5, 5.41) is 2.80. The zero-order chi connectivity index (χ0) is 17.6. The molecule has 2 aliphatic carbocycles. The molecule has 6 heteroatoms. The van der Waals surface area contributed by atoms with Gasteiger partial charge in [0.25, 0.3) is 0 Å². The third-order valence-corrected chi connectivity index (χ3v) is 6.04. The first-order valence-corrected chi connectivity index (χ1v) is 9.01. The van der Waals surface area contributed by atoms with Crippen molar-refractivity contribution in [3.05, 3.63) is 29.8 Å². The van der Waals surface area contributed by atoms with E-state index in [2.05, 4.69) is 5.32 Å². The van der Waals surface area contributed by atoms with Crippen molar-refractivity contribution < 1.29 is 14.4 Å². The van der Waals surface area contributed by atoms with Crippen molar-refractivity contribution in [2.24, 2.45) is 23.7 Å². The highest BCUT2D eigenvalue weighted by atomic mass is 16.2. The molecule has 1 saturated heterocycles. The van der Waals surface area contributed by atoms with E-state index in [-0.39, 0.29) is 36.1 Å². The molecule has 132 valence electrons. The largest absolute Gasteiger partial charge is 0.399 e. The minimum atomic E-state index is -0.274. The molecule has 1 heterocycles. The number of imide groups is 1. The van der Waals surface area contributed by atoms with Crippen molar-refractivity contribution in [1.82, 2.24) is 10.2 Å². The van der Waals surface area contributed by atoms with Crippen LogP contribution < -0.4 is 11.1 Å².